The zero-order chi connectivity index (χ0) is 12.2. The van der Waals surface area contributed by atoms with E-state index in [2.05, 4.69) is 4.98 Å². The first-order chi connectivity index (χ1) is 7.45. The van der Waals surface area contributed by atoms with E-state index in [1.807, 2.05) is 0 Å². The second-order valence-corrected chi connectivity index (χ2v) is 3.75. The van der Waals surface area contributed by atoms with Crippen LogP contribution in [-0.2, 0) is 6.18 Å². The normalized spacial score (nSPS) is 12.3. The highest BCUT2D eigenvalue weighted by Crippen LogP contribution is 2.31. The first-order valence-electron chi connectivity index (χ1n) is 4.40. The Labute approximate surface area is 101 Å². The van der Waals surface area contributed by atoms with Gasteiger partial charge in [-0.2, -0.15) is 13.2 Å². The molecule has 6 heteroatoms. The third-order valence-electron chi connectivity index (χ3n) is 1.75. The summed E-state index contributed by atoms with van der Waals surface area (Å²) >= 11 is 11.1. The first kappa shape index (κ1) is 13.3. The van der Waals surface area contributed by atoms with Crippen molar-refractivity contribution in [1.82, 2.24) is 4.98 Å². The van der Waals surface area contributed by atoms with Gasteiger partial charge in [0, 0.05) is 12.1 Å². The van der Waals surface area contributed by atoms with Gasteiger partial charge in [-0.25, -0.2) is 0 Å². The second-order valence-electron chi connectivity index (χ2n) is 2.97. The van der Waals surface area contributed by atoms with E-state index in [9.17, 15) is 13.2 Å². The third-order valence-corrected chi connectivity index (χ3v) is 2.27. The lowest BCUT2D eigenvalue weighted by atomic mass is 10.2. The van der Waals surface area contributed by atoms with E-state index in [1.165, 1.54) is 0 Å². The van der Waals surface area contributed by atoms with Crippen LogP contribution >= 0.6 is 23.2 Å². The molecule has 0 fully saturated rings. The topological polar surface area (TPSA) is 12.9 Å². The molecule has 1 nitrogen and oxygen atoms in total. The molecule has 0 saturated heterocycles. The van der Waals surface area contributed by atoms with E-state index >= 15 is 0 Å². The van der Waals surface area contributed by atoms with Crippen molar-refractivity contribution in [3.63, 3.8) is 0 Å². The van der Waals surface area contributed by atoms with Gasteiger partial charge >= 0.3 is 6.18 Å². The number of allylic oxidation sites excluding steroid dienone is 1. The Morgan fingerprint density at radius 3 is 2.56 bits per heavy atom. The lowest BCUT2D eigenvalue weighted by Gasteiger charge is -2.07. The quantitative estimate of drug-likeness (QED) is 0.742. The van der Waals surface area contributed by atoms with Gasteiger partial charge in [0.05, 0.1) is 16.3 Å². The molecule has 0 atom stereocenters. The molecule has 0 bridgehead atoms. The SMILES string of the molecule is FC(F)(F)c1cnc(C=CCCCl)c(Cl)c1. The predicted molar refractivity (Wildman–Crippen MR) is 58.6 cm³/mol. The van der Waals surface area contributed by atoms with Gasteiger partial charge in [0.15, 0.2) is 0 Å². The van der Waals surface area contributed by atoms with E-state index in [4.69, 9.17) is 23.2 Å². The van der Waals surface area contributed by atoms with Crippen molar-refractivity contribution < 1.29 is 13.2 Å². The summed E-state index contributed by atoms with van der Waals surface area (Å²) < 4.78 is 36.8. The van der Waals surface area contributed by atoms with Gasteiger partial charge in [-0.1, -0.05) is 17.7 Å². The maximum absolute atomic E-state index is 12.3. The highest BCUT2D eigenvalue weighted by Gasteiger charge is 2.31. The molecule has 1 aromatic rings. The van der Waals surface area contributed by atoms with Crippen LogP contribution in [0.25, 0.3) is 6.08 Å². The smallest absolute Gasteiger partial charge is 0.255 e. The van der Waals surface area contributed by atoms with Crippen LogP contribution in [0, 0.1) is 0 Å². The summed E-state index contributed by atoms with van der Waals surface area (Å²) in [5.74, 6) is 0.439. The van der Waals surface area contributed by atoms with Gasteiger partial charge in [0.25, 0.3) is 0 Å². The van der Waals surface area contributed by atoms with Crippen LogP contribution in [0.15, 0.2) is 18.3 Å². The number of rotatable bonds is 3. The Hall–Kier alpha value is -0.740. The standard InChI is InChI=1S/C10H8Cl2F3N/c11-4-2-1-3-9-8(12)5-7(6-16-9)10(13,14)15/h1,3,5-6H,2,4H2. The fourth-order valence-electron chi connectivity index (χ4n) is 0.984. The molecule has 0 aliphatic rings. The molecule has 0 aliphatic carbocycles. The van der Waals surface area contributed by atoms with Gasteiger partial charge in [-0.15, -0.1) is 11.6 Å². The number of nitrogens with zero attached hydrogens (tertiary/aromatic N) is 1. The average Bonchev–Trinajstić information content (AvgIpc) is 2.19. The maximum atomic E-state index is 12.3. The molecule has 88 valence electrons. The lowest BCUT2D eigenvalue weighted by molar-refractivity contribution is -0.137. The van der Waals surface area contributed by atoms with E-state index in [1.54, 1.807) is 12.2 Å². The molecule has 16 heavy (non-hydrogen) atoms. The summed E-state index contributed by atoms with van der Waals surface area (Å²) in [6, 6.07) is 0.856. The maximum Gasteiger partial charge on any atom is 0.417 e. The molecule has 0 saturated carbocycles. The minimum Gasteiger partial charge on any atom is -0.255 e. The van der Waals surface area contributed by atoms with E-state index < -0.39 is 11.7 Å². The largest absolute Gasteiger partial charge is 0.417 e. The summed E-state index contributed by atoms with van der Waals surface area (Å²) in [5, 5.41) is -0.0272. The molecule has 0 aliphatic heterocycles. The van der Waals surface area contributed by atoms with Gasteiger partial charge in [-0.3, -0.25) is 4.98 Å². The van der Waals surface area contributed by atoms with Crippen LogP contribution in [0.2, 0.25) is 5.02 Å². The Kier molecular flexibility index (Phi) is 4.62. The monoisotopic (exact) mass is 269 g/mol. The molecule has 0 N–H and O–H groups in total. The molecule has 0 aromatic carbocycles. The number of hydrogen-bond donors (Lipinski definition) is 0. The molecule has 0 amide bonds. The molecule has 0 radical (unpaired) electrons. The van der Waals surface area contributed by atoms with Crippen LogP contribution in [0.3, 0.4) is 0 Å². The summed E-state index contributed by atoms with van der Waals surface area (Å²) in [5.41, 5.74) is -0.549. The first-order valence-corrected chi connectivity index (χ1v) is 5.31. The Morgan fingerprint density at radius 1 is 1.38 bits per heavy atom. The van der Waals surface area contributed by atoms with Gasteiger partial charge in [0.2, 0.25) is 0 Å². The predicted octanol–water partition coefficient (Wildman–Crippen LogP) is 4.40. The minimum atomic E-state index is -4.42. The molecule has 0 unspecified atom stereocenters. The summed E-state index contributed by atoms with van der Waals surface area (Å²) in [6.45, 7) is 0. The van der Waals surface area contributed by atoms with Crippen molar-refractivity contribution in [2.24, 2.45) is 0 Å². The second kappa shape index (κ2) is 5.55. The minimum absolute atomic E-state index is 0.0272. The van der Waals surface area contributed by atoms with Crippen molar-refractivity contribution in [3.05, 3.63) is 34.6 Å². The fourth-order valence-corrected chi connectivity index (χ4v) is 1.34. The molecule has 1 aromatic heterocycles. The molecule has 1 rings (SSSR count). The molecular weight excluding hydrogens is 262 g/mol. The van der Waals surface area contributed by atoms with Crippen molar-refractivity contribution in [2.75, 3.05) is 5.88 Å². The molecular formula is C10H8Cl2F3N. The van der Waals surface area contributed by atoms with E-state index in [-0.39, 0.29) is 5.02 Å². The van der Waals surface area contributed by atoms with Crippen LogP contribution in [-0.4, -0.2) is 10.9 Å². The number of hydrogen-bond acceptors (Lipinski definition) is 1. The number of pyridine rings is 1. The van der Waals surface area contributed by atoms with Crippen molar-refractivity contribution in [3.8, 4) is 0 Å². The van der Waals surface area contributed by atoms with Crippen LogP contribution in [0.4, 0.5) is 13.2 Å². The van der Waals surface area contributed by atoms with Crippen LogP contribution < -0.4 is 0 Å². The van der Waals surface area contributed by atoms with Crippen molar-refractivity contribution >= 4 is 29.3 Å². The Balaban J connectivity index is 2.92. The zero-order valence-electron chi connectivity index (χ0n) is 8.06. The van der Waals surface area contributed by atoms with Crippen molar-refractivity contribution in [2.45, 2.75) is 12.6 Å². The Morgan fingerprint density at radius 2 is 2.06 bits per heavy atom. The number of alkyl halides is 4. The number of halogens is 5. The summed E-state index contributed by atoms with van der Waals surface area (Å²) in [6.07, 6.45) is 0.196. The van der Waals surface area contributed by atoms with Crippen LogP contribution in [0.5, 0.6) is 0 Å². The Bertz CT molecular complexity index is 388. The highest BCUT2D eigenvalue weighted by atomic mass is 35.5. The molecule has 1 heterocycles. The summed E-state index contributed by atoms with van der Waals surface area (Å²) in [4.78, 5) is 3.63. The van der Waals surface area contributed by atoms with Gasteiger partial charge < -0.3 is 0 Å². The number of aromatic nitrogens is 1. The highest BCUT2D eigenvalue weighted by molar-refractivity contribution is 6.31. The third kappa shape index (κ3) is 3.68. The zero-order valence-corrected chi connectivity index (χ0v) is 9.57. The average molecular weight is 270 g/mol. The van der Waals surface area contributed by atoms with Crippen LogP contribution in [0.1, 0.15) is 17.7 Å². The lowest BCUT2D eigenvalue weighted by Crippen LogP contribution is -2.05. The molecule has 0 spiro atoms. The van der Waals surface area contributed by atoms with Gasteiger partial charge in [-0.05, 0) is 18.6 Å². The van der Waals surface area contributed by atoms with E-state index in [0.29, 0.717) is 18.0 Å². The van der Waals surface area contributed by atoms with E-state index in [0.717, 1.165) is 12.3 Å². The fraction of sp³-hybridized carbons (Fsp3) is 0.300. The van der Waals surface area contributed by atoms with Gasteiger partial charge in [0.1, 0.15) is 0 Å². The summed E-state index contributed by atoms with van der Waals surface area (Å²) in [7, 11) is 0. The van der Waals surface area contributed by atoms with Crippen molar-refractivity contribution in [1.29, 1.82) is 0 Å².